The molecule has 1 saturated heterocycles. The van der Waals surface area contributed by atoms with Gasteiger partial charge in [0.2, 0.25) is 0 Å². The van der Waals surface area contributed by atoms with E-state index in [1.807, 2.05) is 49.4 Å². The molecule has 2 aliphatic heterocycles. The molecule has 1 fully saturated rings. The number of fused-ring (bicyclic) bond motifs is 3. The summed E-state index contributed by atoms with van der Waals surface area (Å²) >= 11 is 0. The van der Waals surface area contributed by atoms with Gasteiger partial charge in [0.15, 0.2) is 0 Å². The minimum atomic E-state index is -0.540. The van der Waals surface area contributed by atoms with Crippen molar-refractivity contribution in [3.05, 3.63) is 71.8 Å². The minimum Gasteiger partial charge on any atom is -0.494 e. The lowest BCUT2D eigenvalue weighted by atomic mass is 9.81. The summed E-state index contributed by atoms with van der Waals surface area (Å²) in [6.45, 7) is 4.85. The molecule has 2 N–H and O–H groups in total. The molecule has 0 aliphatic carbocycles. The summed E-state index contributed by atoms with van der Waals surface area (Å²) in [7, 11) is 0. The van der Waals surface area contributed by atoms with E-state index in [1.165, 1.54) is 0 Å². The minimum absolute atomic E-state index is 0.350. The maximum atomic E-state index is 10.9. The van der Waals surface area contributed by atoms with Gasteiger partial charge >= 0.3 is 0 Å². The van der Waals surface area contributed by atoms with E-state index in [9.17, 15) is 10.2 Å². The number of β-amino-alcohol motifs (C(OH)–C–C–N with tert-alkyl or cyclic N) is 1. The number of aliphatic hydroxyl groups excluding tert-OH is 2. The van der Waals surface area contributed by atoms with Gasteiger partial charge in [0.1, 0.15) is 17.1 Å². The van der Waals surface area contributed by atoms with Crippen LogP contribution in [0.15, 0.2) is 60.7 Å². The van der Waals surface area contributed by atoms with Crippen LogP contribution in [0.2, 0.25) is 0 Å². The fraction of sp³-hybridized carbons (Fsp3) is 0.407. The van der Waals surface area contributed by atoms with E-state index in [1.54, 1.807) is 0 Å². The Bertz CT molecular complexity index is 1070. The monoisotopic (exact) mass is 433 g/mol. The van der Waals surface area contributed by atoms with Gasteiger partial charge in [0.25, 0.3) is 0 Å². The summed E-state index contributed by atoms with van der Waals surface area (Å²) in [4.78, 5) is 2.29. The number of rotatable bonds is 5. The predicted molar refractivity (Wildman–Crippen MR) is 125 cm³/mol. The molecule has 3 aromatic carbocycles. The smallest absolute Gasteiger partial charge is 0.133 e. The van der Waals surface area contributed by atoms with Crippen molar-refractivity contribution < 1.29 is 19.7 Å². The lowest BCUT2D eigenvalue weighted by molar-refractivity contribution is -0.0577. The molecule has 1 spiro atoms. The van der Waals surface area contributed by atoms with Gasteiger partial charge in [-0.25, -0.2) is 0 Å². The van der Waals surface area contributed by atoms with Crippen molar-refractivity contribution in [3.8, 4) is 11.5 Å². The van der Waals surface area contributed by atoms with Gasteiger partial charge in [0, 0.05) is 37.0 Å². The molecule has 2 atom stereocenters. The normalized spacial score (nSPS) is 21.2. The van der Waals surface area contributed by atoms with Crippen LogP contribution in [0.5, 0.6) is 11.5 Å². The summed E-state index contributed by atoms with van der Waals surface area (Å²) in [6, 6.07) is 19.9. The molecule has 3 aromatic rings. The summed E-state index contributed by atoms with van der Waals surface area (Å²) in [5.74, 6) is 1.66. The highest BCUT2D eigenvalue weighted by molar-refractivity contribution is 5.90. The zero-order chi connectivity index (χ0) is 22.1. The van der Waals surface area contributed by atoms with E-state index in [4.69, 9.17) is 9.47 Å². The number of aliphatic hydroxyl groups is 2. The zero-order valence-corrected chi connectivity index (χ0v) is 18.5. The third-order valence-corrected chi connectivity index (χ3v) is 6.93. The van der Waals surface area contributed by atoms with Gasteiger partial charge in [-0.3, -0.25) is 0 Å². The quantitative estimate of drug-likeness (QED) is 0.615. The highest BCUT2D eigenvalue weighted by Gasteiger charge is 2.43. The predicted octanol–water partition coefficient (Wildman–Crippen LogP) is 4.62. The molecule has 5 rings (SSSR count). The summed E-state index contributed by atoms with van der Waals surface area (Å²) in [5.41, 5.74) is 1.44. The van der Waals surface area contributed by atoms with Crippen LogP contribution >= 0.6 is 0 Å². The number of hydrogen-bond acceptors (Lipinski definition) is 5. The standard InChI is InChI=1S/C27H31NO4/c1-2-31-21-10-7-20(8-11-21)25(30)18-28-15-13-27(14-16-28)17-24(29)23-12-9-19-5-3-4-6-22(19)26(23)32-27/h3-12,24-25,29-30H,2,13-18H2,1H3/t24-,25+/m0/s1. The van der Waals surface area contributed by atoms with Gasteiger partial charge < -0.3 is 24.6 Å². The molecular formula is C27H31NO4. The van der Waals surface area contributed by atoms with Gasteiger partial charge in [-0.05, 0) is 42.8 Å². The molecule has 0 saturated carbocycles. The van der Waals surface area contributed by atoms with Crippen LogP contribution in [-0.2, 0) is 0 Å². The van der Waals surface area contributed by atoms with E-state index in [-0.39, 0.29) is 5.60 Å². The number of nitrogens with zero attached hydrogens (tertiary/aromatic N) is 1. The van der Waals surface area contributed by atoms with Crippen molar-refractivity contribution in [1.82, 2.24) is 4.90 Å². The Hall–Kier alpha value is -2.60. The number of benzene rings is 3. The second-order valence-electron chi connectivity index (χ2n) is 9.03. The third kappa shape index (κ3) is 4.08. The molecule has 168 valence electrons. The lowest BCUT2D eigenvalue weighted by Crippen LogP contribution is -2.51. The topological polar surface area (TPSA) is 62.2 Å². The average Bonchev–Trinajstić information content (AvgIpc) is 2.81. The van der Waals surface area contributed by atoms with Crippen LogP contribution in [-0.4, -0.2) is 47.0 Å². The Labute approximate surface area is 189 Å². The van der Waals surface area contributed by atoms with E-state index in [0.29, 0.717) is 19.6 Å². The molecule has 0 radical (unpaired) electrons. The van der Waals surface area contributed by atoms with E-state index in [2.05, 4.69) is 23.1 Å². The van der Waals surface area contributed by atoms with Crippen molar-refractivity contribution in [3.63, 3.8) is 0 Å². The largest absolute Gasteiger partial charge is 0.494 e. The van der Waals surface area contributed by atoms with Crippen molar-refractivity contribution in [2.45, 2.75) is 44.0 Å². The first kappa shape index (κ1) is 21.3. The summed E-state index contributed by atoms with van der Waals surface area (Å²) in [6.07, 6.45) is 1.24. The van der Waals surface area contributed by atoms with Crippen LogP contribution in [0.3, 0.4) is 0 Å². The van der Waals surface area contributed by atoms with Crippen molar-refractivity contribution in [2.75, 3.05) is 26.2 Å². The molecule has 0 bridgehead atoms. The van der Waals surface area contributed by atoms with Crippen LogP contribution < -0.4 is 9.47 Å². The average molecular weight is 434 g/mol. The van der Waals surface area contributed by atoms with Gasteiger partial charge in [-0.2, -0.15) is 0 Å². The molecule has 5 heteroatoms. The summed E-state index contributed by atoms with van der Waals surface area (Å²) in [5, 5.41) is 23.8. The molecular weight excluding hydrogens is 402 g/mol. The molecule has 2 heterocycles. The summed E-state index contributed by atoms with van der Waals surface area (Å²) < 4.78 is 12.1. The van der Waals surface area contributed by atoms with E-state index >= 15 is 0 Å². The van der Waals surface area contributed by atoms with Crippen LogP contribution in [0.25, 0.3) is 10.8 Å². The number of piperidine rings is 1. The Morgan fingerprint density at radius 3 is 2.56 bits per heavy atom. The van der Waals surface area contributed by atoms with Gasteiger partial charge in [-0.1, -0.05) is 48.5 Å². The fourth-order valence-electron chi connectivity index (χ4n) is 5.11. The fourth-order valence-corrected chi connectivity index (χ4v) is 5.11. The first-order valence-corrected chi connectivity index (χ1v) is 11.6. The molecule has 2 aliphatic rings. The maximum absolute atomic E-state index is 10.9. The number of hydrogen-bond donors (Lipinski definition) is 2. The van der Waals surface area contributed by atoms with Crippen LogP contribution in [0.1, 0.15) is 49.5 Å². The highest BCUT2D eigenvalue weighted by Crippen LogP contribution is 2.47. The lowest BCUT2D eigenvalue weighted by Gasteiger charge is -2.46. The Morgan fingerprint density at radius 1 is 1.06 bits per heavy atom. The van der Waals surface area contributed by atoms with Crippen LogP contribution in [0.4, 0.5) is 0 Å². The maximum Gasteiger partial charge on any atom is 0.133 e. The second kappa shape index (κ2) is 8.74. The Balaban J connectivity index is 1.26. The van der Waals surface area contributed by atoms with Crippen molar-refractivity contribution in [2.24, 2.45) is 0 Å². The highest BCUT2D eigenvalue weighted by atomic mass is 16.5. The van der Waals surface area contributed by atoms with Crippen molar-refractivity contribution in [1.29, 1.82) is 0 Å². The molecule has 0 aromatic heterocycles. The first-order chi connectivity index (χ1) is 15.6. The Morgan fingerprint density at radius 2 is 1.81 bits per heavy atom. The van der Waals surface area contributed by atoms with Gasteiger partial charge in [0.05, 0.1) is 18.8 Å². The number of ether oxygens (including phenoxy) is 2. The Kier molecular flexibility index (Phi) is 5.80. The van der Waals surface area contributed by atoms with Gasteiger partial charge in [-0.15, -0.1) is 0 Å². The SMILES string of the molecule is CCOc1ccc([C@H](O)CN2CCC3(CC2)C[C@H](O)c2ccc4ccccc4c2O3)cc1. The van der Waals surface area contributed by atoms with E-state index < -0.39 is 12.2 Å². The zero-order valence-electron chi connectivity index (χ0n) is 18.5. The van der Waals surface area contributed by atoms with Crippen molar-refractivity contribution >= 4 is 10.8 Å². The molecule has 32 heavy (non-hydrogen) atoms. The second-order valence-corrected chi connectivity index (χ2v) is 9.03. The molecule has 5 nitrogen and oxygen atoms in total. The third-order valence-electron chi connectivity index (χ3n) is 6.93. The van der Waals surface area contributed by atoms with Crippen LogP contribution in [0, 0.1) is 0 Å². The molecule has 0 unspecified atom stereocenters. The molecule has 0 amide bonds. The number of likely N-dealkylation sites (tertiary alicyclic amines) is 1. The first-order valence-electron chi connectivity index (χ1n) is 11.6. The van der Waals surface area contributed by atoms with E-state index in [0.717, 1.165) is 59.3 Å².